The van der Waals surface area contributed by atoms with E-state index < -0.39 is 0 Å². The van der Waals surface area contributed by atoms with Crippen molar-refractivity contribution in [3.05, 3.63) is 164 Å². The molecule has 0 aliphatic carbocycles. The highest BCUT2D eigenvalue weighted by Gasteiger charge is 2.20. The van der Waals surface area contributed by atoms with Gasteiger partial charge in [0.1, 0.15) is 0 Å². The molecule has 0 saturated heterocycles. The van der Waals surface area contributed by atoms with E-state index in [1.165, 1.54) is 78.7 Å². The zero-order chi connectivity index (χ0) is 30.9. The second-order valence-corrected chi connectivity index (χ2v) is 14.3. The number of hydrogen-bond donors (Lipinski definition) is 0. The predicted molar refractivity (Wildman–Crippen MR) is 207 cm³/mol. The van der Waals surface area contributed by atoms with E-state index in [2.05, 4.69) is 169 Å². The summed E-state index contributed by atoms with van der Waals surface area (Å²) in [6.45, 7) is 0. The van der Waals surface area contributed by atoms with Crippen LogP contribution < -0.4 is 4.90 Å². The molecule has 10 aromatic rings. The molecule has 0 atom stereocenters. The van der Waals surface area contributed by atoms with E-state index in [1.807, 2.05) is 22.7 Å². The molecule has 220 valence electrons. The molecular weight excluding hydrogens is 607 g/mol. The van der Waals surface area contributed by atoms with Crippen LogP contribution in [0.3, 0.4) is 0 Å². The largest absolute Gasteiger partial charge is 0.310 e. The van der Waals surface area contributed by atoms with Crippen LogP contribution in [0.25, 0.3) is 73.0 Å². The molecule has 2 aromatic heterocycles. The first-order valence-corrected chi connectivity index (χ1v) is 17.6. The molecule has 1 nitrogen and oxygen atoms in total. The highest BCUT2D eigenvalue weighted by atomic mass is 32.1. The van der Waals surface area contributed by atoms with Gasteiger partial charge in [0.05, 0.1) is 5.69 Å². The summed E-state index contributed by atoms with van der Waals surface area (Å²) < 4.78 is 5.28. The summed E-state index contributed by atoms with van der Waals surface area (Å²) in [7, 11) is 0. The lowest BCUT2D eigenvalue weighted by atomic mass is 9.98. The second kappa shape index (κ2) is 10.5. The van der Waals surface area contributed by atoms with Gasteiger partial charge < -0.3 is 4.90 Å². The minimum Gasteiger partial charge on any atom is -0.310 e. The van der Waals surface area contributed by atoms with Crippen LogP contribution in [0, 0.1) is 0 Å². The first-order valence-electron chi connectivity index (χ1n) is 15.9. The van der Waals surface area contributed by atoms with Crippen LogP contribution in [-0.4, -0.2) is 0 Å². The summed E-state index contributed by atoms with van der Waals surface area (Å²) in [6, 6.07) is 60.2. The Balaban J connectivity index is 1.20. The molecule has 10 rings (SSSR count). The monoisotopic (exact) mass is 633 g/mol. The molecule has 0 fully saturated rings. The molecule has 0 aliphatic rings. The summed E-state index contributed by atoms with van der Waals surface area (Å²) in [5.41, 5.74) is 5.95. The first kappa shape index (κ1) is 26.7. The van der Waals surface area contributed by atoms with Crippen molar-refractivity contribution in [2.45, 2.75) is 0 Å². The van der Waals surface area contributed by atoms with Crippen molar-refractivity contribution in [1.82, 2.24) is 0 Å². The fraction of sp³-hybridized carbons (Fsp3) is 0. The highest BCUT2D eigenvalue weighted by molar-refractivity contribution is 7.26. The molecule has 0 amide bonds. The standard InChI is InChI=1S/C44H27NS2/c1-2-11-33-28(9-1)10-7-14-34(33)29-19-22-31(23-20-29)45(38-15-8-18-41-44(38)37-13-4-6-17-40(37)46-41)32-24-25-35-30(27-32)21-26-42-43(35)36-12-3-5-16-39(36)47-42/h1-27H. The lowest BCUT2D eigenvalue weighted by Gasteiger charge is -2.27. The topological polar surface area (TPSA) is 3.24 Å². The van der Waals surface area contributed by atoms with Gasteiger partial charge in [0.15, 0.2) is 0 Å². The summed E-state index contributed by atoms with van der Waals surface area (Å²) in [5.74, 6) is 0. The van der Waals surface area contributed by atoms with Gasteiger partial charge in [-0.15, -0.1) is 22.7 Å². The lowest BCUT2D eigenvalue weighted by Crippen LogP contribution is -2.10. The van der Waals surface area contributed by atoms with Gasteiger partial charge in [-0.25, -0.2) is 0 Å². The van der Waals surface area contributed by atoms with Crippen molar-refractivity contribution < 1.29 is 0 Å². The predicted octanol–water partition coefficient (Wildman–Crippen LogP) is 13.9. The second-order valence-electron chi connectivity index (χ2n) is 12.1. The fourth-order valence-corrected chi connectivity index (χ4v) is 9.56. The Labute approximate surface area is 280 Å². The van der Waals surface area contributed by atoms with Crippen LogP contribution in [0.1, 0.15) is 0 Å². The van der Waals surface area contributed by atoms with Crippen LogP contribution in [0.15, 0.2) is 164 Å². The Morgan fingerprint density at radius 2 is 0.979 bits per heavy atom. The molecule has 0 saturated carbocycles. The van der Waals surface area contributed by atoms with E-state index in [0.29, 0.717) is 0 Å². The average Bonchev–Trinajstić information content (AvgIpc) is 3.71. The van der Waals surface area contributed by atoms with E-state index in [9.17, 15) is 0 Å². The smallest absolute Gasteiger partial charge is 0.0554 e. The molecule has 0 bridgehead atoms. The van der Waals surface area contributed by atoms with Gasteiger partial charge >= 0.3 is 0 Å². The van der Waals surface area contributed by atoms with Crippen molar-refractivity contribution in [2.24, 2.45) is 0 Å². The van der Waals surface area contributed by atoms with Crippen LogP contribution in [0.2, 0.25) is 0 Å². The van der Waals surface area contributed by atoms with E-state index in [-0.39, 0.29) is 0 Å². The number of benzene rings is 8. The van der Waals surface area contributed by atoms with E-state index in [1.54, 1.807) is 0 Å². The molecule has 2 heterocycles. The van der Waals surface area contributed by atoms with Crippen molar-refractivity contribution in [3.63, 3.8) is 0 Å². The number of anilines is 3. The average molecular weight is 634 g/mol. The third kappa shape index (κ3) is 4.21. The maximum atomic E-state index is 2.45. The Morgan fingerprint density at radius 1 is 0.362 bits per heavy atom. The molecule has 0 spiro atoms. The molecule has 0 aliphatic heterocycles. The van der Waals surface area contributed by atoms with Crippen molar-refractivity contribution in [3.8, 4) is 11.1 Å². The third-order valence-electron chi connectivity index (χ3n) is 9.45. The Morgan fingerprint density at radius 3 is 1.79 bits per heavy atom. The van der Waals surface area contributed by atoms with Crippen LogP contribution in [-0.2, 0) is 0 Å². The maximum absolute atomic E-state index is 2.45. The van der Waals surface area contributed by atoms with Gasteiger partial charge in [-0.2, -0.15) is 0 Å². The number of thiophene rings is 2. The normalized spacial score (nSPS) is 11.8. The van der Waals surface area contributed by atoms with Gasteiger partial charge in [-0.3, -0.25) is 0 Å². The summed E-state index contributed by atoms with van der Waals surface area (Å²) >= 11 is 3.74. The number of rotatable bonds is 4. The number of nitrogens with zero attached hydrogens (tertiary/aromatic N) is 1. The summed E-state index contributed by atoms with van der Waals surface area (Å²) in [4.78, 5) is 2.45. The first-order chi connectivity index (χ1) is 23.3. The van der Waals surface area contributed by atoms with Crippen LogP contribution in [0.4, 0.5) is 17.1 Å². The van der Waals surface area contributed by atoms with Gasteiger partial charge in [0.2, 0.25) is 0 Å². The van der Waals surface area contributed by atoms with Crippen molar-refractivity contribution in [1.29, 1.82) is 0 Å². The lowest BCUT2D eigenvalue weighted by molar-refractivity contribution is 1.31. The minimum atomic E-state index is 1.14. The Hall–Kier alpha value is -5.48. The summed E-state index contributed by atoms with van der Waals surface area (Å²) in [6.07, 6.45) is 0. The summed E-state index contributed by atoms with van der Waals surface area (Å²) in [5, 5.41) is 10.4. The third-order valence-corrected chi connectivity index (χ3v) is 11.7. The molecule has 0 unspecified atom stereocenters. The fourth-order valence-electron chi connectivity index (χ4n) is 7.32. The van der Waals surface area contributed by atoms with Gasteiger partial charge in [-0.05, 0) is 87.3 Å². The SMILES string of the molecule is c1ccc2c(-c3ccc(N(c4ccc5c(ccc6sc7ccccc7c65)c4)c4cccc5sc6ccccc6c45)cc3)cccc2c1. The molecule has 8 aromatic carbocycles. The van der Waals surface area contributed by atoms with Gasteiger partial charge in [-0.1, -0.05) is 109 Å². The molecule has 47 heavy (non-hydrogen) atoms. The van der Waals surface area contributed by atoms with Gasteiger partial charge in [0, 0.05) is 51.7 Å². The number of fused-ring (bicyclic) bond motifs is 9. The van der Waals surface area contributed by atoms with Crippen molar-refractivity contribution in [2.75, 3.05) is 4.90 Å². The Bertz CT molecular complexity index is 2800. The van der Waals surface area contributed by atoms with E-state index in [4.69, 9.17) is 0 Å². The quantitative estimate of drug-likeness (QED) is 0.186. The zero-order valence-electron chi connectivity index (χ0n) is 25.4. The molecular formula is C44H27NS2. The minimum absolute atomic E-state index is 1.14. The molecule has 0 radical (unpaired) electrons. The Kier molecular flexibility index (Phi) is 5.98. The highest BCUT2D eigenvalue weighted by Crippen LogP contribution is 2.46. The van der Waals surface area contributed by atoms with E-state index >= 15 is 0 Å². The van der Waals surface area contributed by atoms with Crippen molar-refractivity contribution >= 4 is 102 Å². The van der Waals surface area contributed by atoms with E-state index in [0.717, 1.165) is 11.4 Å². The molecule has 0 N–H and O–H groups in total. The maximum Gasteiger partial charge on any atom is 0.0554 e. The van der Waals surface area contributed by atoms with Gasteiger partial charge in [0.25, 0.3) is 0 Å². The number of hydrogen-bond acceptors (Lipinski definition) is 3. The molecule has 3 heteroatoms. The zero-order valence-corrected chi connectivity index (χ0v) is 27.0. The van der Waals surface area contributed by atoms with Crippen LogP contribution in [0.5, 0.6) is 0 Å². The van der Waals surface area contributed by atoms with Crippen LogP contribution >= 0.6 is 22.7 Å².